The second-order valence-corrected chi connectivity index (χ2v) is 6.43. The molecule has 2 fully saturated rings. The van der Waals surface area contributed by atoms with E-state index in [9.17, 15) is 4.79 Å². The van der Waals surface area contributed by atoms with Gasteiger partial charge in [-0.2, -0.15) is 0 Å². The Balaban J connectivity index is 1.64. The first-order chi connectivity index (χ1) is 9.16. The number of carbonyl (C=O) groups is 1. The summed E-state index contributed by atoms with van der Waals surface area (Å²) in [6.45, 7) is 2.15. The summed E-state index contributed by atoms with van der Waals surface area (Å²) in [5, 5.41) is 0. The molecule has 4 rings (SSSR count). The molecule has 0 spiro atoms. The van der Waals surface area contributed by atoms with Gasteiger partial charge >= 0.3 is 0 Å². The summed E-state index contributed by atoms with van der Waals surface area (Å²) in [5.41, 5.74) is 8.96. The molecule has 0 radical (unpaired) electrons. The number of hydrogen-bond acceptors (Lipinski definition) is 2. The van der Waals surface area contributed by atoms with Gasteiger partial charge in [-0.1, -0.05) is 6.42 Å². The van der Waals surface area contributed by atoms with Gasteiger partial charge in [0.15, 0.2) is 0 Å². The molecule has 3 unspecified atom stereocenters. The number of carbonyl (C=O) groups excluding carboxylic acids is 1. The fourth-order valence-corrected chi connectivity index (χ4v) is 4.34. The lowest BCUT2D eigenvalue weighted by Crippen LogP contribution is -2.37. The van der Waals surface area contributed by atoms with Crippen molar-refractivity contribution in [3.8, 4) is 0 Å². The van der Waals surface area contributed by atoms with E-state index >= 15 is 0 Å². The molecule has 1 aliphatic heterocycles. The van der Waals surface area contributed by atoms with Gasteiger partial charge < -0.3 is 10.6 Å². The number of rotatable bonds is 1. The van der Waals surface area contributed by atoms with Gasteiger partial charge in [-0.15, -0.1) is 0 Å². The number of hydrogen-bond donors (Lipinski definition) is 1. The molecule has 3 atom stereocenters. The molecule has 3 heteroatoms. The highest BCUT2D eigenvalue weighted by Crippen LogP contribution is 2.58. The van der Waals surface area contributed by atoms with E-state index < -0.39 is 0 Å². The van der Waals surface area contributed by atoms with E-state index in [0.717, 1.165) is 17.8 Å². The summed E-state index contributed by atoms with van der Waals surface area (Å²) in [4.78, 5) is 14.8. The summed E-state index contributed by atoms with van der Waals surface area (Å²) in [6.07, 6.45) is 4.78. The number of nitrogen functional groups attached to an aromatic ring is 1. The molecular formula is C16H20N2O. The molecule has 0 aromatic heterocycles. The molecule has 1 heterocycles. The van der Waals surface area contributed by atoms with Crippen LogP contribution < -0.4 is 10.6 Å². The van der Waals surface area contributed by atoms with Gasteiger partial charge in [0.25, 0.3) is 0 Å². The Morgan fingerprint density at radius 1 is 1.32 bits per heavy atom. The molecule has 2 saturated carbocycles. The van der Waals surface area contributed by atoms with E-state index in [0.29, 0.717) is 23.7 Å². The van der Waals surface area contributed by atoms with Crippen LogP contribution in [0.2, 0.25) is 0 Å². The summed E-state index contributed by atoms with van der Waals surface area (Å²) < 4.78 is 0. The number of amides is 1. The highest BCUT2D eigenvalue weighted by atomic mass is 16.2. The molecule has 1 aromatic carbocycles. The summed E-state index contributed by atoms with van der Waals surface area (Å²) in [5.74, 6) is 2.07. The highest BCUT2D eigenvalue weighted by Gasteiger charge is 2.58. The van der Waals surface area contributed by atoms with E-state index in [4.69, 9.17) is 5.73 Å². The van der Waals surface area contributed by atoms with Crippen LogP contribution in [0.3, 0.4) is 0 Å². The van der Waals surface area contributed by atoms with Crippen LogP contribution in [0.25, 0.3) is 0 Å². The van der Waals surface area contributed by atoms with Crippen LogP contribution in [-0.4, -0.2) is 11.9 Å². The molecule has 0 bridgehead atoms. The number of anilines is 2. The first-order valence-electron chi connectivity index (χ1n) is 7.38. The third-order valence-corrected chi connectivity index (χ3v) is 5.25. The lowest BCUT2D eigenvalue weighted by Gasteiger charge is -2.23. The van der Waals surface area contributed by atoms with Gasteiger partial charge in [0.1, 0.15) is 0 Å². The van der Waals surface area contributed by atoms with Crippen LogP contribution in [0.4, 0.5) is 11.4 Å². The second-order valence-electron chi connectivity index (χ2n) is 6.43. The van der Waals surface area contributed by atoms with Crippen molar-refractivity contribution >= 4 is 17.3 Å². The SMILES string of the molecule is CC1Cc2cc(N)ccc2N1C(=O)C1C2CCCC21. The zero-order valence-electron chi connectivity index (χ0n) is 11.3. The minimum absolute atomic E-state index is 0.283. The van der Waals surface area contributed by atoms with Crippen molar-refractivity contribution in [2.75, 3.05) is 10.6 Å². The zero-order chi connectivity index (χ0) is 13.1. The Labute approximate surface area is 113 Å². The summed E-state index contributed by atoms with van der Waals surface area (Å²) in [7, 11) is 0. The fourth-order valence-electron chi connectivity index (χ4n) is 4.34. The largest absolute Gasteiger partial charge is 0.399 e. The maximum absolute atomic E-state index is 12.8. The highest BCUT2D eigenvalue weighted by molar-refractivity contribution is 5.99. The molecule has 100 valence electrons. The predicted molar refractivity (Wildman–Crippen MR) is 75.8 cm³/mol. The lowest BCUT2D eigenvalue weighted by atomic mass is 10.1. The van der Waals surface area contributed by atoms with E-state index in [-0.39, 0.29) is 6.04 Å². The van der Waals surface area contributed by atoms with Crippen molar-refractivity contribution in [3.63, 3.8) is 0 Å². The van der Waals surface area contributed by atoms with Crippen LogP contribution in [0, 0.1) is 17.8 Å². The Kier molecular flexibility index (Phi) is 2.23. The average molecular weight is 256 g/mol. The Morgan fingerprint density at radius 2 is 2.05 bits per heavy atom. The maximum atomic E-state index is 12.8. The molecule has 1 amide bonds. The minimum atomic E-state index is 0.283. The molecule has 3 nitrogen and oxygen atoms in total. The summed E-state index contributed by atoms with van der Waals surface area (Å²) >= 11 is 0. The molecular weight excluding hydrogens is 236 g/mol. The van der Waals surface area contributed by atoms with Crippen molar-refractivity contribution in [2.45, 2.75) is 38.6 Å². The zero-order valence-corrected chi connectivity index (χ0v) is 11.3. The fraction of sp³-hybridized carbons (Fsp3) is 0.562. The van der Waals surface area contributed by atoms with Crippen LogP contribution >= 0.6 is 0 Å². The minimum Gasteiger partial charge on any atom is -0.399 e. The van der Waals surface area contributed by atoms with E-state index in [1.165, 1.54) is 24.8 Å². The van der Waals surface area contributed by atoms with Crippen molar-refractivity contribution in [1.82, 2.24) is 0 Å². The summed E-state index contributed by atoms with van der Waals surface area (Å²) in [6, 6.07) is 6.23. The van der Waals surface area contributed by atoms with Crippen LogP contribution in [-0.2, 0) is 11.2 Å². The van der Waals surface area contributed by atoms with Crippen molar-refractivity contribution in [1.29, 1.82) is 0 Å². The number of nitrogens with two attached hydrogens (primary N) is 1. The van der Waals surface area contributed by atoms with Gasteiger partial charge in [-0.3, -0.25) is 4.79 Å². The van der Waals surface area contributed by atoms with Gasteiger partial charge in [0, 0.05) is 23.3 Å². The van der Waals surface area contributed by atoms with Crippen LogP contribution in [0.1, 0.15) is 31.7 Å². The standard InChI is InChI=1S/C16H20N2O/c1-9-7-10-8-11(17)5-6-14(10)18(9)16(19)15-12-3-2-4-13(12)15/h5-6,8-9,12-13,15H,2-4,7,17H2,1H3. The van der Waals surface area contributed by atoms with E-state index in [1.807, 2.05) is 23.1 Å². The van der Waals surface area contributed by atoms with Crippen molar-refractivity contribution in [3.05, 3.63) is 23.8 Å². The van der Waals surface area contributed by atoms with Gasteiger partial charge in [0.05, 0.1) is 0 Å². The van der Waals surface area contributed by atoms with Crippen LogP contribution in [0.5, 0.6) is 0 Å². The Bertz CT molecular complexity index is 544. The quantitative estimate of drug-likeness (QED) is 0.785. The topological polar surface area (TPSA) is 46.3 Å². The third kappa shape index (κ3) is 1.54. The smallest absolute Gasteiger partial charge is 0.230 e. The molecule has 3 aliphatic rings. The predicted octanol–water partition coefficient (Wildman–Crippen LogP) is 2.59. The second kappa shape index (κ2) is 3.75. The van der Waals surface area contributed by atoms with Gasteiger partial charge in [-0.05, 0) is 61.8 Å². The molecule has 0 saturated heterocycles. The molecule has 2 aliphatic carbocycles. The number of benzene rings is 1. The maximum Gasteiger partial charge on any atom is 0.230 e. The third-order valence-electron chi connectivity index (χ3n) is 5.25. The monoisotopic (exact) mass is 256 g/mol. The normalized spacial score (nSPS) is 35.1. The average Bonchev–Trinajstić information content (AvgIpc) is 2.71. The van der Waals surface area contributed by atoms with Crippen molar-refractivity contribution in [2.24, 2.45) is 17.8 Å². The Hall–Kier alpha value is -1.51. The van der Waals surface area contributed by atoms with E-state index in [1.54, 1.807) is 0 Å². The van der Waals surface area contributed by atoms with Gasteiger partial charge in [0.2, 0.25) is 5.91 Å². The van der Waals surface area contributed by atoms with Crippen molar-refractivity contribution < 1.29 is 4.79 Å². The first-order valence-corrected chi connectivity index (χ1v) is 7.38. The molecule has 19 heavy (non-hydrogen) atoms. The molecule has 2 N–H and O–H groups in total. The van der Waals surface area contributed by atoms with Gasteiger partial charge in [-0.25, -0.2) is 0 Å². The van der Waals surface area contributed by atoms with Crippen LogP contribution in [0.15, 0.2) is 18.2 Å². The van der Waals surface area contributed by atoms with E-state index in [2.05, 4.69) is 6.92 Å². The first kappa shape index (κ1) is 11.3. The number of fused-ring (bicyclic) bond motifs is 2. The Morgan fingerprint density at radius 3 is 2.79 bits per heavy atom. The lowest BCUT2D eigenvalue weighted by molar-refractivity contribution is -0.120. The number of nitrogens with zero attached hydrogens (tertiary/aromatic N) is 1. The molecule has 1 aromatic rings.